The summed E-state index contributed by atoms with van der Waals surface area (Å²) >= 11 is 0. The van der Waals surface area contributed by atoms with Gasteiger partial charge in [-0.3, -0.25) is 4.79 Å². The Hall–Kier alpha value is 10.5. The van der Waals surface area contributed by atoms with E-state index >= 15 is 0 Å². The molecule has 46 valence electrons. The third kappa shape index (κ3) is 113. The topological polar surface area (TPSA) is 37.3 Å². The van der Waals surface area contributed by atoms with Gasteiger partial charge in [-0.2, -0.15) is 0 Å². The van der Waals surface area contributed by atoms with Crippen LogP contribution in [0.3, 0.4) is 0 Å². The molecule has 0 rings (SSSR count). The Kier molecular flexibility index (Phi) is 416. The second-order valence-corrected chi connectivity index (χ2v) is 0.519. The number of hydrogen-bond donors (Lipinski definition) is 1. The molecule has 0 aliphatic rings. The predicted octanol–water partition coefficient (Wildman–Crippen LogP) is -7.04. The van der Waals surface area contributed by atoms with Gasteiger partial charge in [-0.1, -0.05) is 0 Å². The predicted molar refractivity (Wildman–Crippen MR) is 91.9 cm³/mol. The molecule has 0 aromatic rings. The molecule has 0 aromatic carbocycles. The molecule has 0 bridgehead atoms. The third-order valence-corrected chi connectivity index (χ3v) is 0. The fourth-order valence-electron chi connectivity index (χ4n) is 0. The van der Waals surface area contributed by atoms with Gasteiger partial charge in [0.1, 0.15) is 0 Å². The van der Waals surface area contributed by atoms with Crippen molar-refractivity contribution in [1.82, 2.24) is 0 Å². The molecule has 0 aliphatic carbocycles. The maximum atomic E-state index is 9.00. The van der Waals surface area contributed by atoms with Gasteiger partial charge in [-0.05, 0) is 0 Å². The van der Waals surface area contributed by atoms with E-state index in [9.17, 15) is 0 Å². The van der Waals surface area contributed by atoms with E-state index in [1.54, 1.807) is 0 Å². The van der Waals surface area contributed by atoms with Gasteiger partial charge in [0, 0.05) is 6.92 Å². The summed E-state index contributed by atoms with van der Waals surface area (Å²) in [5.41, 5.74) is 0. The first-order valence-electron chi connectivity index (χ1n) is 0.928. The normalized spacial score (nSPS) is 1.67. The van der Waals surface area contributed by atoms with Gasteiger partial charge < -0.3 is 5.11 Å². The molecule has 0 heterocycles. The van der Waals surface area contributed by atoms with Crippen molar-refractivity contribution in [2.24, 2.45) is 0 Å². The van der Waals surface area contributed by atoms with E-state index in [-0.39, 0.29) is 325 Å². The third-order valence-electron chi connectivity index (χ3n) is 0. The number of carboxylic acid groups (broad SMARTS) is 1. The summed E-state index contributed by atoms with van der Waals surface area (Å²) in [6.07, 6.45) is 0. The SMILES string of the molecule is CC(=O)O.[NaH].[NaH].[NaH].[NaH].[NaH].[NaH].[NaH].[NaH].[NaH].[NaH].[NaH]. The Labute approximate surface area is 337 Å². The van der Waals surface area contributed by atoms with Crippen LogP contribution in [0, 0.1) is 0 Å². The van der Waals surface area contributed by atoms with Crippen LogP contribution in [-0.2, 0) is 4.79 Å². The van der Waals surface area contributed by atoms with Gasteiger partial charge in [0.15, 0.2) is 0 Å². The molecule has 0 spiro atoms. The van der Waals surface area contributed by atoms with Crippen LogP contribution in [0.1, 0.15) is 6.92 Å². The summed E-state index contributed by atoms with van der Waals surface area (Å²) in [5.74, 6) is -0.833. The minimum absolute atomic E-state index is 0. The van der Waals surface area contributed by atoms with Crippen LogP contribution in [0.25, 0.3) is 0 Å². The van der Waals surface area contributed by atoms with Gasteiger partial charge in [0.25, 0.3) is 5.97 Å². The van der Waals surface area contributed by atoms with E-state index in [1.807, 2.05) is 0 Å². The molecule has 0 saturated heterocycles. The number of carboxylic acids is 1. The van der Waals surface area contributed by atoms with E-state index < -0.39 is 5.97 Å². The van der Waals surface area contributed by atoms with Crippen molar-refractivity contribution < 1.29 is 9.90 Å². The summed E-state index contributed by atoms with van der Waals surface area (Å²) < 4.78 is 0. The molecule has 0 fully saturated rings. The maximum absolute atomic E-state index is 9.00. The molecule has 1 N–H and O–H groups in total. The second kappa shape index (κ2) is 74.3. The summed E-state index contributed by atoms with van der Waals surface area (Å²) in [5, 5.41) is 7.42. The van der Waals surface area contributed by atoms with Crippen molar-refractivity contribution in [3.8, 4) is 0 Å². The van der Waals surface area contributed by atoms with Gasteiger partial charge in [-0.25, -0.2) is 0 Å². The molecule has 0 saturated carbocycles. The number of carbonyl (C=O) groups is 1. The zero-order chi connectivity index (χ0) is 3.58. The minimum atomic E-state index is -0.833. The van der Waals surface area contributed by atoms with E-state index in [2.05, 4.69) is 0 Å². The van der Waals surface area contributed by atoms with Gasteiger partial charge in [0.05, 0.1) is 0 Å². The first-order valence-corrected chi connectivity index (χ1v) is 0.928. The number of hydrogen-bond acceptors (Lipinski definition) is 1. The molecule has 0 unspecified atom stereocenters. The molecule has 2 nitrogen and oxygen atoms in total. The second-order valence-electron chi connectivity index (χ2n) is 0.519. The number of aliphatic carboxylic acids is 1. The van der Waals surface area contributed by atoms with Gasteiger partial charge in [-0.15, -0.1) is 0 Å². The van der Waals surface area contributed by atoms with E-state index in [4.69, 9.17) is 9.90 Å². The summed E-state index contributed by atoms with van der Waals surface area (Å²) in [4.78, 5) is 9.00. The molecule has 0 amide bonds. The molecule has 0 radical (unpaired) electrons. The molecule has 0 aromatic heterocycles. The average Bonchev–Trinajstić information content (AvgIpc) is 0.811. The standard InChI is InChI=1S/C2H4O2.11Na.11H/c1-2(3)4;;;;;;;;;;;;;;;;;;;;;;/h1H3,(H,3,4);;;;;;;;;;;;;;;;;;;;;;. The van der Waals surface area contributed by atoms with Crippen molar-refractivity contribution in [2.75, 3.05) is 0 Å². The van der Waals surface area contributed by atoms with Crippen LogP contribution in [0.2, 0.25) is 0 Å². The van der Waals surface area contributed by atoms with Gasteiger partial charge in [0.2, 0.25) is 0 Å². The molecule has 13 heteroatoms. The Morgan fingerprint density at radius 3 is 0.600 bits per heavy atom. The van der Waals surface area contributed by atoms with Crippen molar-refractivity contribution in [1.29, 1.82) is 0 Å². The molecule has 0 aliphatic heterocycles. The summed E-state index contributed by atoms with van der Waals surface area (Å²) in [6.45, 7) is 1.08. The Balaban J connectivity index is -0.000000000818. The van der Waals surface area contributed by atoms with E-state index in [0.29, 0.717) is 0 Å². The first kappa shape index (κ1) is 84.1. The van der Waals surface area contributed by atoms with Gasteiger partial charge >= 0.3 is 325 Å². The van der Waals surface area contributed by atoms with E-state index in [0.717, 1.165) is 6.92 Å². The van der Waals surface area contributed by atoms with Crippen LogP contribution in [0.15, 0.2) is 0 Å². The fourth-order valence-corrected chi connectivity index (χ4v) is 0. The summed E-state index contributed by atoms with van der Waals surface area (Å²) in [7, 11) is 0. The Morgan fingerprint density at radius 1 is 0.600 bits per heavy atom. The zero-order valence-corrected chi connectivity index (χ0v) is 2.36. The van der Waals surface area contributed by atoms with Crippen LogP contribution in [-0.4, -0.2) is 336 Å². The molecular weight excluding hydrogens is 309 g/mol. The number of rotatable bonds is 0. The average molecular weight is 324 g/mol. The molecule has 15 heavy (non-hydrogen) atoms. The summed E-state index contributed by atoms with van der Waals surface area (Å²) in [6, 6.07) is 0. The molecular formula is C2H15Na11O2. The fraction of sp³-hybridized carbons (Fsp3) is 0.500. The van der Waals surface area contributed by atoms with Crippen LogP contribution >= 0.6 is 0 Å². The van der Waals surface area contributed by atoms with Crippen molar-refractivity contribution in [3.05, 3.63) is 0 Å². The molecule has 0 atom stereocenters. The first-order chi connectivity index (χ1) is 1.73. The Bertz CT molecular complexity index is 39.6. The zero-order valence-electron chi connectivity index (χ0n) is 2.36. The van der Waals surface area contributed by atoms with Crippen molar-refractivity contribution >= 4 is 331 Å². The van der Waals surface area contributed by atoms with Crippen molar-refractivity contribution in [2.45, 2.75) is 6.92 Å². The monoisotopic (exact) mass is 324 g/mol. The Morgan fingerprint density at radius 2 is 0.600 bits per heavy atom. The van der Waals surface area contributed by atoms with E-state index in [1.165, 1.54) is 0 Å². The van der Waals surface area contributed by atoms with Crippen LogP contribution in [0.4, 0.5) is 0 Å². The van der Waals surface area contributed by atoms with Crippen molar-refractivity contribution in [3.63, 3.8) is 0 Å². The van der Waals surface area contributed by atoms with Crippen LogP contribution < -0.4 is 0 Å². The quantitative estimate of drug-likeness (QED) is 0.450. The van der Waals surface area contributed by atoms with Crippen LogP contribution in [0.5, 0.6) is 0 Å².